The van der Waals surface area contributed by atoms with Crippen molar-refractivity contribution in [3.05, 3.63) is 40.9 Å². The SMILES string of the molecule is CC(C)Cc1ccc(CC(=O)Nc2nncs2)cc1. The van der Waals surface area contributed by atoms with Crippen LogP contribution < -0.4 is 5.32 Å². The monoisotopic (exact) mass is 275 g/mol. The van der Waals surface area contributed by atoms with Crippen molar-refractivity contribution >= 4 is 22.4 Å². The molecule has 2 aromatic rings. The highest BCUT2D eigenvalue weighted by Gasteiger charge is 2.06. The normalized spacial score (nSPS) is 10.7. The molecule has 1 aromatic carbocycles. The van der Waals surface area contributed by atoms with E-state index in [0.717, 1.165) is 12.0 Å². The minimum Gasteiger partial charge on any atom is -0.300 e. The lowest BCUT2D eigenvalue weighted by atomic mass is 10.0. The predicted octanol–water partition coefficient (Wildman–Crippen LogP) is 2.92. The molecule has 1 N–H and O–H groups in total. The van der Waals surface area contributed by atoms with Gasteiger partial charge in [0.1, 0.15) is 5.51 Å². The first-order valence-corrected chi connectivity index (χ1v) is 7.15. The molecular formula is C14H17N3OS. The van der Waals surface area contributed by atoms with E-state index in [9.17, 15) is 4.79 Å². The number of carbonyl (C=O) groups is 1. The number of hydrogen-bond acceptors (Lipinski definition) is 4. The third-order valence-electron chi connectivity index (χ3n) is 2.64. The van der Waals surface area contributed by atoms with Gasteiger partial charge in [0.25, 0.3) is 0 Å². The maximum atomic E-state index is 11.8. The van der Waals surface area contributed by atoms with Gasteiger partial charge in [-0.3, -0.25) is 4.79 Å². The zero-order valence-corrected chi connectivity index (χ0v) is 11.9. The molecule has 0 radical (unpaired) electrons. The largest absolute Gasteiger partial charge is 0.300 e. The second-order valence-electron chi connectivity index (χ2n) is 4.88. The highest BCUT2D eigenvalue weighted by atomic mass is 32.1. The van der Waals surface area contributed by atoms with Crippen LogP contribution in [-0.2, 0) is 17.6 Å². The first-order valence-electron chi connectivity index (χ1n) is 6.27. The van der Waals surface area contributed by atoms with Crippen LogP contribution in [0.1, 0.15) is 25.0 Å². The van der Waals surface area contributed by atoms with Gasteiger partial charge >= 0.3 is 0 Å². The topological polar surface area (TPSA) is 54.9 Å². The number of hydrogen-bond donors (Lipinski definition) is 1. The van der Waals surface area contributed by atoms with Gasteiger partial charge in [-0.25, -0.2) is 0 Å². The number of rotatable bonds is 5. The van der Waals surface area contributed by atoms with Gasteiger partial charge in [0.15, 0.2) is 0 Å². The van der Waals surface area contributed by atoms with Crippen molar-refractivity contribution in [2.24, 2.45) is 5.92 Å². The maximum Gasteiger partial charge on any atom is 0.230 e. The lowest BCUT2D eigenvalue weighted by molar-refractivity contribution is -0.115. The molecule has 0 saturated carbocycles. The van der Waals surface area contributed by atoms with Crippen molar-refractivity contribution in [2.75, 3.05) is 5.32 Å². The van der Waals surface area contributed by atoms with Crippen molar-refractivity contribution in [2.45, 2.75) is 26.7 Å². The number of benzene rings is 1. The summed E-state index contributed by atoms with van der Waals surface area (Å²) in [5, 5.41) is 10.7. The Labute approximate surface area is 116 Å². The molecule has 19 heavy (non-hydrogen) atoms. The minimum absolute atomic E-state index is 0.0617. The molecule has 5 heteroatoms. The van der Waals surface area contributed by atoms with E-state index in [1.807, 2.05) is 12.1 Å². The van der Waals surface area contributed by atoms with E-state index in [1.54, 1.807) is 5.51 Å². The highest BCUT2D eigenvalue weighted by Crippen LogP contribution is 2.12. The van der Waals surface area contributed by atoms with Gasteiger partial charge < -0.3 is 5.32 Å². The molecule has 0 bridgehead atoms. The number of nitrogens with one attached hydrogen (secondary N) is 1. The molecule has 4 nitrogen and oxygen atoms in total. The fourth-order valence-corrected chi connectivity index (χ4v) is 2.30. The van der Waals surface area contributed by atoms with Crippen molar-refractivity contribution in [3.63, 3.8) is 0 Å². The summed E-state index contributed by atoms with van der Waals surface area (Å²) in [4.78, 5) is 11.8. The predicted molar refractivity (Wildman–Crippen MR) is 77.2 cm³/mol. The third-order valence-corrected chi connectivity index (χ3v) is 3.24. The molecule has 0 aliphatic heterocycles. The summed E-state index contributed by atoms with van der Waals surface area (Å²) < 4.78 is 0. The zero-order chi connectivity index (χ0) is 13.7. The Balaban J connectivity index is 1.90. The number of aromatic nitrogens is 2. The van der Waals surface area contributed by atoms with Crippen molar-refractivity contribution in [1.82, 2.24) is 10.2 Å². The summed E-state index contributed by atoms with van der Waals surface area (Å²) in [6.07, 6.45) is 1.43. The molecule has 100 valence electrons. The average molecular weight is 275 g/mol. The van der Waals surface area contributed by atoms with Crippen LogP contribution in [0.4, 0.5) is 5.13 Å². The maximum absolute atomic E-state index is 11.8. The van der Waals surface area contributed by atoms with Crippen molar-refractivity contribution in [1.29, 1.82) is 0 Å². The second-order valence-corrected chi connectivity index (χ2v) is 5.72. The quantitative estimate of drug-likeness (QED) is 0.912. The Morgan fingerprint density at radius 3 is 2.53 bits per heavy atom. The Morgan fingerprint density at radius 2 is 1.95 bits per heavy atom. The van der Waals surface area contributed by atoms with E-state index in [1.165, 1.54) is 16.9 Å². The summed E-state index contributed by atoms with van der Waals surface area (Å²) in [6.45, 7) is 4.40. The van der Waals surface area contributed by atoms with Crippen LogP contribution in [0.25, 0.3) is 0 Å². The first kappa shape index (κ1) is 13.7. The second kappa shape index (κ2) is 6.43. The van der Waals surface area contributed by atoms with Crippen LogP contribution in [0.2, 0.25) is 0 Å². The lowest BCUT2D eigenvalue weighted by Gasteiger charge is -2.06. The summed E-state index contributed by atoms with van der Waals surface area (Å²) >= 11 is 1.32. The van der Waals surface area contributed by atoms with E-state index in [0.29, 0.717) is 17.5 Å². The van der Waals surface area contributed by atoms with Crippen molar-refractivity contribution in [3.8, 4) is 0 Å². The van der Waals surface area contributed by atoms with Gasteiger partial charge in [-0.1, -0.05) is 49.4 Å². The van der Waals surface area contributed by atoms with Gasteiger partial charge in [0, 0.05) is 0 Å². The van der Waals surface area contributed by atoms with E-state index >= 15 is 0 Å². The third kappa shape index (κ3) is 4.44. The molecule has 0 fully saturated rings. The molecule has 0 saturated heterocycles. The highest BCUT2D eigenvalue weighted by molar-refractivity contribution is 7.13. The molecule has 1 amide bonds. The lowest BCUT2D eigenvalue weighted by Crippen LogP contribution is -2.14. The van der Waals surface area contributed by atoms with Crippen LogP contribution in [0.15, 0.2) is 29.8 Å². The van der Waals surface area contributed by atoms with Gasteiger partial charge in [0.2, 0.25) is 11.0 Å². The molecule has 0 atom stereocenters. The fraction of sp³-hybridized carbons (Fsp3) is 0.357. The van der Waals surface area contributed by atoms with E-state index in [4.69, 9.17) is 0 Å². The Morgan fingerprint density at radius 1 is 1.26 bits per heavy atom. The number of amides is 1. The number of carbonyl (C=O) groups excluding carboxylic acids is 1. The summed E-state index contributed by atoms with van der Waals surface area (Å²) in [6, 6.07) is 8.20. The Bertz CT molecular complexity index is 520. The van der Waals surface area contributed by atoms with E-state index in [-0.39, 0.29) is 5.91 Å². The van der Waals surface area contributed by atoms with Crippen LogP contribution in [-0.4, -0.2) is 16.1 Å². The van der Waals surface area contributed by atoms with Gasteiger partial charge in [-0.05, 0) is 23.5 Å². The molecule has 1 heterocycles. The fourth-order valence-electron chi connectivity index (χ4n) is 1.84. The molecule has 0 aliphatic rings. The summed E-state index contributed by atoms with van der Waals surface area (Å²) in [7, 11) is 0. The number of nitrogens with zero attached hydrogens (tertiary/aromatic N) is 2. The Hall–Kier alpha value is -1.75. The molecule has 0 unspecified atom stereocenters. The molecule has 2 rings (SSSR count). The van der Waals surface area contributed by atoms with Crippen molar-refractivity contribution < 1.29 is 4.79 Å². The van der Waals surface area contributed by atoms with Gasteiger partial charge in [-0.15, -0.1) is 10.2 Å². The first-order chi connectivity index (χ1) is 9.13. The van der Waals surface area contributed by atoms with Crippen LogP contribution in [0.5, 0.6) is 0 Å². The Kier molecular flexibility index (Phi) is 4.63. The molecule has 1 aromatic heterocycles. The standard InChI is InChI=1S/C14H17N3OS/c1-10(2)7-11-3-5-12(6-4-11)8-13(18)16-14-17-15-9-19-14/h3-6,9-10H,7-8H2,1-2H3,(H,16,17,18). The van der Waals surface area contributed by atoms with Crippen LogP contribution in [0.3, 0.4) is 0 Å². The summed E-state index contributed by atoms with van der Waals surface area (Å²) in [5.41, 5.74) is 3.91. The van der Waals surface area contributed by atoms with Crippen LogP contribution >= 0.6 is 11.3 Å². The molecule has 0 spiro atoms. The zero-order valence-electron chi connectivity index (χ0n) is 11.1. The van der Waals surface area contributed by atoms with Gasteiger partial charge in [-0.2, -0.15) is 0 Å². The average Bonchev–Trinajstić information content (AvgIpc) is 2.83. The minimum atomic E-state index is -0.0617. The van der Waals surface area contributed by atoms with Gasteiger partial charge in [0.05, 0.1) is 6.42 Å². The molecular weight excluding hydrogens is 258 g/mol. The van der Waals surface area contributed by atoms with E-state index in [2.05, 4.69) is 41.5 Å². The summed E-state index contributed by atoms with van der Waals surface area (Å²) in [5.74, 6) is 0.583. The number of anilines is 1. The molecule has 0 aliphatic carbocycles. The van der Waals surface area contributed by atoms with Crippen LogP contribution in [0, 0.1) is 5.92 Å². The smallest absolute Gasteiger partial charge is 0.230 e. The van der Waals surface area contributed by atoms with E-state index < -0.39 is 0 Å².